The molecule has 1 heterocycles. The molecule has 6 heteroatoms. The Labute approximate surface area is 108 Å². The van der Waals surface area contributed by atoms with Gasteiger partial charge in [-0.15, -0.1) is 0 Å². The molecule has 1 atom stereocenters. The number of nitrogens with one attached hydrogen (secondary N) is 1. The average Bonchev–Trinajstić information content (AvgIpc) is 2.24. The number of sulfone groups is 1. The van der Waals surface area contributed by atoms with E-state index in [-0.39, 0.29) is 6.04 Å². The second-order valence-electron chi connectivity index (χ2n) is 5.07. The van der Waals surface area contributed by atoms with E-state index in [1.54, 1.807) is 20.0 Å². The molecule has 4 nitrogen and oxygen atoms in total. The SMILES string of the molecule is CC(NCC(C)(C)S(C)(=O)=O)c1cncc(F)c1. The van der Waals surface area contributed by atoms with Crippen molar-refractivity contribution in [3.63, 3.8) is 0 Å². The summed E-state index contributed by atoms with van der Waals surface area (Å²) in [6.45, 7) is 5.45. The van der Waals surface area contributed by atoms with E-state index >= 15 is 0 Å². The predicted molar refractivity (Wildman–Crippen MR) is 69.5 cm³/mol. The van der Waals surface area contributed by atoms with Crippen molar-refractivity contribution in [1.29, 1.82) is 0 Å². The molecule has 0 saturated heterocycles. The molecule has 0 saturated carbocycles. The van der Waals surface area contributed by atoms with Crippen LogP contribution in [0.5, 0.6) is 0 Å². The zero-order chi connectivity index (χ0) is 14.0. The molecule has 0 bridgehead atoms. The van der Waals surface area contributed by atoms with Gasteiger partial charge >= 0.3 is 0 Å². The Morgan fingerprint density at radius 3 is 2.56 bits per heavy atom. The van der Waals surface area contributed by atoms with E-state index < -0.39 is 20.4 Å². The van der Waals surface area contributed by atoms with E-state index in [1.807, 2.05) is 6.92 Å². The summed E-state index contributed by atoms with van der Waals surface area (Å²) in [5.41, 5.74) is 0.694. The quantitative estimate of drug-likeness (QED) is 0.887. The Hall–Kier alpha value is -1.01. The van der Waals surface area contributed by atoms with Gasteiger partial charge in [0.15, 0.2) is 9.84 Å². The number of halogens is 1. The van der Waals surface area contributed by atoms with Crippen LogP contribution in [0.1, 0.15) is 32.4 Å². The smallest absolute Gasteiger partial charge is 0.153 e. The van der Waals surface area contributed by atoms with E-state index in [9.17, 15) is 12.8 Å². The maximum Gasteiger partial charge on any atom is 0.153 e. The highest BCUT2D eigenvalue weighted by Crippen LogP contribution is 2.17. The standard InChI is InChI=1S/C12H19FN2O2S/c1-9(10-5-11(13)7-14-6-10)15-8-12(2,3)18(4,16)17/h5-7,9,15H,8H2,1-4H3. The molecule has 0 aromatic carbocycles. The molecule has 102 valence electrons. The van der Waals surface area contributed by atoms with Gasteiger partial charge in [-0.3, -0.25) is 4.98 Å². The number of pyridine rings is 1. The number of hydrogen-bond acceptors (Lipinski definition) is 4. The highest BCUT2D eigenvalue weighted by molar-refractivity contribution is 7.92. The molecule has 1 aromatic heterocycles. The Morgan fingerprint density at radius 2 is 2.06 bits per heavy atom. The van der Waals surface area contributed by atoms with E-state index in [0.717, 1.165) is 6.20 Å². The van der Waals surface area contributed by atoms with Gasteiger partial charge in [0.2, 0.25) is 0 Å². The fourth-order valence-corrected chi connectivity index (χ4v) is 1.66. The highest BCUT2D eigenvalue weighted by Gasteiger charge is 2.30. The molecule has 0 fully saturated rings. The summed E-state index contributed by atoms with van der Waals surface area (Å²) in [6.07, 6.45) is 3.91. The van der Waals surface area contributed by atoms with Crippen molar-refractivity contribution in [3.05, 3.63) is 29.8 Å². The Kier molecular flexibility index (Phi) is 4.45. The van der Waals surface area contributed by atoms with Crippen LogP contribution in [0, 0.1) is 5.82 Å². The van der Waals surface area contributed by atoms with Crippen LogP contribution in [-0.4, -0.2) is 30.9 Å². The molecule has 1 rings (SSSR count). The van der Waals surface area contributed by atoms with Gasteiger partial charge < -0.3 is 5.32 Å². The molecular formula is C12H19FN2O2S. The van der Waals surface area contributed by atoms with Gasteiger partial charge in [-0.05, 0) is 32.4 Å². The van der Waals surface area contributed by atoms with Crippen molar-refractivity contribution in [2.45, 2.75) is 31.6 Å². The lowest BCUT2D eigenvalue weighted by Crippen LogP contribution is -2.42. The van der Waals surface area contributed by atoms with E-state index in [2.05, 4.69) is 10.3 Å². The number of rotatable bonds is 5. The third kappa shape index (κ3) is 3.74. The number of nitrogens with zero attached hydrogens (tertiary/aromatic N) is 1. The summed E-state index contributed by atoms with van der Waals surface area (Å²) in [7, 11) is -3.14. The van der Waals surface area contributed by atoms with E-state index in [1.165, 1.54) is 12.3 Å². The van der Waals surface area contributed by atoms with Gasteiger partial charge in [0.25, 0.3) is 0 Å². The predicted octanol–water partition coefficient (Wildman–Crippen LogP) is 1.69. The van der Waals surface area contributed by atoms with Gasteiger partial charge in [-0.1, -0.05) is 0 Å². The molecule has 0 aliphatic carbocycles. The molecule has 1 N–H and O–H groups in total. The first-order valence-electron chi connectivity index (χ1n) is 5.67. The number of aromatic nitrogens is 1. The van der Waals surface area contributed by atoms with Crippen LogP contribution in [0.3, 0.4) is 0 Å². The Balaban J connectivity index is 2.70. The van der Waals surface area contributed by atoms with Gasteiger partial charge in [0.1, 0.15) is 5.82 Å². The first kappa shape index (κ1) is 15.0. The van der Waals surface area contributed by atoms with Crippen molar-refractivity contribution in [2.75, 3.05) is 12.8 Å². The van der Waals surface area contributed by atoms with Crippen LogP contribution in [0.25, 0.3) is 0 Å². The lowest BCUT2D eigenvalue weighted by Gasteiger charge is -2.25. The topological polar surface area (TPSA) is 59.1 Å². The summed E-state index contributed by atoms with van der Waals surface area (Å²) in [5, 5.41) is 3.09. The summed E-state index contributed by atoms with van der Waals surface area (Å²) >= 11 is 0. The van der Waals surface area contributed by atoms with Crippen molar-refractivity contribution < 1.29 is 12.8 Å². The van der Waals surface area contributed by atoms with Gasteiger partial charge in [-0.2, -0.15) is 0 Å². The minimum absolute atomic E-state index is 0.158. The normalized spacial score (nSPS) is 14.5. The van der Waals surface area contributed by atoms with Crippen molar-refractivity contribution in [3.8, 4) is 0 Å². The molecule has 0 aliphatic heterocycles. The van der Waals surface area contributed by atoms with Crippen molar-refractivity contribution in [2.24, 2.45) is 0 Å². The number of hydrogen-bond donors (Lipinski definition) is 1. The van der Waals surface area contributed by atoms with Crippen LogP contribution >= 0.6 is 0 Å². The third-order valence-electron chi connectivity index (χ3n) is 3.06. The minimum atomic E-state index is -3.14. The molecule has 0 amide bonds. The van der Waals surface area contributed by atoms with Crippen LogP contribution in [0.2, 0.25) is 0 Å². The minimum Gasteiger partial charge on any atom is -0.309 e. The maximum atomic E-state index is 13.0. The van der Waals surface area contributed by atoms with Gasteiger partial charge in [0, 0.05) is 25.0 Å². The fourth-order valence-electron chi connectivity index (χ4n) is 1.31. The summed E-state index contributed by atoms with van der Waals surface area (Å²) in [5.74, 6) is -0.400. The molecule has 1 aromatic rings. The van der Waals surface area contributed by atoms with Crippen LogP contribution < -0.4 is 5.32 Å². The first-order chi connectivity index (χ1) is 8.13. The lowest BCUT2D eigenvalue weighted by molar-refractivity contribution is 0.486. The molecule has 0 aliphatic rings. The van der Waals surface area contributed by atoms with Crippen LogP contribution in [-0.2, 0) is 9.84 Å². The van der Waals surface area contributed by atoms with Crippen LogP contribution in [0.15, 0.2) is 18.5 Å². The molecule has 0 radical (unpaired) electrons. The zero-order valence-electron chi connectivity index (χ0n) is 11.1. The summed E-state index contributed by atoms with van der Waals surface area (Å²) in [4.78, 5) is 3.77. The van der Waals surface area contributed by atoms with Crippen molar-refractivity contribution >= 4 is 9.84 Å². The lowest BCUT2D eigenvalue weighted by atomic mass is 10.1. The summed E-state index contributed by atoms with van der Waals surface area (Å²) in [6, 6.07) is 1.23. The van der Waals surface area contributed by atoms with Crippen LogP contribution in [0.4, 0.5) is 4.39 Å². The average molecular weight is 274 g/mol. The molecule has 18 heavy (non-hydrogen) atoms. The summed E-state index contributed by atoms with van der Waals surface area (Å²) < 4.78 is 35.2. The second kappa shape index (κ2) is 5.32. The molecule has 0 spiro atoms. The van der Waals surface area contributed by atoms with Gasteiger partial charge in [-0.25, -0.2) is 12.8 Å². The van der Waals surface area contributed by atoms with Crippen molar-refractivity contribution in [1.82, 2.24) is 10.3 Å². The maximum absolute atomic E-state index is 13.0. The van der Waals surface area contributed by atoms with E-state index in [0.29, 0.717) is 12.1 Å². The molecular weight excluding hydrogens is 255 g/mol. The van der Waals surface area contributed by atoms with E-state index in [4.69, 9.17) is 0 Å². The third-order valence-corrected chi connectivity index (χ3v) is 5.22. The molecule has 1 unspecified atom stereocenters. The second-order valence-corrected chi connectivity index (χ2v) is 7.72. The first-order valence-corrected chi connectivity index (χ1v) is 7.56. The van der Waals surface area contributed by atoms with Gasteiger partial charge in [0.05, 0.1) is 10.9 Å². The zero-order valence-corrected chi connectivity index (χ0v) is 11.9. The largest absolute Gasteiger partial charge is 0.309 e. The monoisotopic (exact) mass is 274 g/mol. The fraction of sp³-hybridized carbons (Fsp3) is 0.583. The Bertz CT molecular complexity index is 515. The Morgan fingerprint density at radius 1 is 1.44 bits per heavy atom. The highest BCUT2D eigenvalue weighted by atomic mass is 32.2.